The molecule has 1 aromatic heterocycles. The molecule has 30 heavy (non-hydrogen) atoms. The fraction of sp³-hybridized carbons (Fsp3) is 0.130. The van der Waals surface area contributed by atoms with E-state index < -0.39 is 11.8 Å². The summed E-state index contributed by atoms with van der Waals surface area (Å²) in [6, 6.07) is 17.6. The van der Waals surface area contributed by atoms with Crippen LogP contribution in [0.3, 0.4) is 0 Å². The van der Waals surface area contributed by atoms with Crippen molar-refractivity contribution >= 4 is 23.1 Å². The molecule has 4 rings (SSSR count). The molecule has 1 N–H and O–H groups in total. The summed E-state index contributed by atoms with van der Waals surface area (Å²) < 4.78 is 15.7. The molecule has 0 saturated carbocycles. The molecule has 3 aromatic rings. The average molecular weight is 404 g/mol. The maximum atomic E-state index is 13.2. The van der Waals surface area contributed by atoms with Crippen LogP contribution in [0.1, 0.15) is 11.3 Å². The number of nitrogens with one attached hydrogen (secondary N) is 1. The van der Waals surface area contributed by atoms with Crippen LogP contribution in [0, 0.1) is 0 Å². The lowest BCUT2D eigenvalue weighted by Gasteiger charge is -2.13. The standard InChI is InChI=1S/C23H20N2O5/c1-28-17-9-5-15(6-10-17)20-21(24-16-7-11-18(29-2)12-8-16)23(27)25(22(20)26)14-19-4-3-13-30-19/h3-13,24H,14H2,1-2H3. The minimum absolute atomic E-state index is 0.0537. The molecule has 0 radical (unpaired) electrons. The summed E-state index contributed by atoms with van der Waals surface area (Å²) in [6.45, 7) is 0.0537. The number of benzene rings is 2. The van der Waals surface area contributed by atoms with Crippen LogP contribution in [0.15, 0.2) is 77.0 Å². The number of furan rings is 1. The summed E-state index contributed by atoms with van der Waals surface area (Å²) >= 11 is 0. The van der Waals surface area contributed by atoms with Crippen molar-refractivity contribution in [3.8, 4) is 11.5 Å². The fourth-order valence-corrected chi connectivity index (χ4v) is 3.24. The molecule has 0 bridgehead atoms. The molecule has 0 fully saturated rings. The van der Waals surface area contributed by atoms with Crippen LogP contribution in [0.25, 0.3) is 5.57 Å². The maximum Gasteiger partial charge on any atom is 0.278 e. The Balaban J connectivity index is 1.72. The van der Waals surface area contributed by atoms with Crippen molar-refractivity contribution in [3.63, 3.8) is 0 Å². The first-order valence-corrected chi connectivity index (χ1v) is 9.29. The summed E-state index contributed by atoms with van der Waals surface area (Å²) in [7, 11) is 3.15. The summed E-state index contributed by atoms with van der Waals surface area (Å²) in [5, 5.41) is 3.11. The van der Waals surface area contributed by atoms with Crippen molar-refractivity contribution in [2.24, 2.45) is 0 Å². The number of nitrogens with zero attached hydrogens (tertiary/aromatic N) is 1. The lowest BCUT2D eigenvalue weighted by Crippen LogP contribution is -2.31. The van der Waals surface area contributed by atoms with E-state index in [2.05, 4.69) is 5.32 Å². The topological polar surface area (TPSA) is 81.0 Å². The maximum absolute atomic E-state index is 13.2. The molecule has 2 amide bonds. The first-order valence-electron chi connectivity index (χ1n) is 9.29. The second-order valence-corrected chi connectivity index (χ2v) is 6.61. The van der Waals surface area contributed by atoms with Crippen molar-refractivity contribution in [3.05, 3.63) is 83.9 Å². The average Bonchev–Trinajstić information content (AvgIpc) is 3.37. The van der Waals surface area contributed by atoms with E-state index in [4.69, 9.17) is 13.9 Å². The van der Waals surface area contributed by atoms with Crippen molar-refractivity contribution in [2.45, 2.75) is 6.54 Å². The van der Waals surface area contributed by atoms with E-state index in [-0.39, 0.29) is 12.2 Å². The van der Waals surface area contributed by atoms with E-state index in [0.29, 0.717) is 34.1 Å². The van der Waals surface area contributed by atoms with Crippen molar-refractivity contribution < 1.29 is 23.5 Å². The van der Waals surface area contributed by atoms with Gasteiger partial charge < -0.3 is 19.2 Å². The van der Waals surface area contributed by atoms with Gasteiger partial charge in [-0.3, -0.25) is 14.5 Å². The lowest BCUT2D eigenvalue weighted by atomic mass is 10.0. The Morgan fingerprint density at radius 2 is 1.50 bits per heavy atom. The van der Waals surface area contributed by atoms with Crippen molar-refractivity contribution in [1.29, 1.82) is 0 Å². The van der Waals surface area contributed by atoms with Crippen LogP contribution in [-0.2, 0) is 16.1 Å². The molecule has 0 saturated heterocycles. The van der Waals surface area contributed by atoms with Gasteiger partial charge in [-0.1, -0.05) is 12.1 Å². The van der Waals surface area contributed by atoms with Crippen LogP contribution in [0.4, 0.5) is 5.69 Å². The Morgan fingerprint density at radius 1 is 0.867 bits per heavy atom. The number of ether oxygens (including phenoxy) is 2. The van der Waals surface area contributed by atoms with E-state index in [1.54, 1.807) is 74.9 Å². The van der Waals surface area contributed by atoms with Gasteiger partial charge in [0.25, 0.3) is 11.8 Å². The normalized spacial score (nSPS) is 13.7. The van der Waals surface area contributed by atoms with E-state index >= 15 is 0 Å². The third-order valence-electron chi connectivity index (χ3n) is 4.80. The molecule has 1 aliphatic heterocycles. The van der Waals surface area contributed by atoms with E-state index in [0.717, 1.165) is 0 Å². The summed E-state index contributed by atoms with van der Waals surface area (Å²) in [6.07, 6.45) is 1.51. The van der Waals surface area contributed by atoms with Crippen molar-refractivity contribution in [2.75, 3.05) is 19.5 Å². The minimum Gasteiger partial charge on any atom is -0.497 e. The molecule has 2 aromatic carbocycles. The number of hydrogen-bond acceptors (Lipinski definition) is 6. The predicted octanol–water partition coefficient (Wildman–Crippen LogP) is 3.69. The molecule has 0 unspecified atom stereocenters. The van der Waals surface area contributed by atoms with Gasteiger partial charge in [0.15, 0.2) is 0 Å². The highest BCUT2D eigenvalue weighted by molar-refractivity contribution is 6.36. The zero-order chi connectivity index (χ0) is 21.1. The summed E-state index contributed by atoms with van der Waals surface area (Å²) in [4.78, 5) is 27.6. The largest absolute Gasteiger partial charge is 0.497 e. The number of imide groups is 1. The van der Waals surface area contributed by atoms with Gasteiger partial charge in [-0.15, -0.1) is 0 Å². The molecule has 7 nitrogen and oxygen atoms in total. The van der Waals surface area contributed by atoms with Crippen LogP contribution in [-0.4, -0.2) is 30.9 Å². The number of hydrogen-bond donors (Lipinski definition) is 1. The Kier molecular flexibility index (Phi) is 5.26. The smallest absolute Gasteiger partial charge is 0.278 e. The van der Waals surface area contributed by atoms with Gasteiger partial charge in [-0.05, 0) is 54.1 Å². The quantitative estimate of drug-likeness (QED) is 0.605. The second kappa shape index (κ2) is 8.16. The van der Waals surface area contributed by atoms with Gasteiger partial charge in [0.05, 0.1) is 32.6 Å². The van der Waals surface area contributed by atoms with Crippen LogP contribution >= 0.6 is 0 Å². The number of rotatable bonds is 7. The second-order valence-electron chi connectivity index (χ2n) is 6.61. The van der Waals surface area contributed by atoms with Crippen molar-refractivity contribution in [1.82, 2.24) is 4.90 Å². The third-order valence-corrected chi connectivity index (χ3v) is 4.80. The SMILES string of the molecule is COc1ccc(NC2=C(c3ccc(OC)cc3)C(=O)N(Cc3ccco3)C2=O)cc1. The molecular formula is C23H20N2O5. The molecule has 7 heteroatoms. The molecule has 0 atom stereocenters. The predicted molar refractivity (Wildman–Crippen MR) is 111 cm³/mol. The molecule has 0 aliphatic carbocycles. The zero-order valence-corrected chi connectivity index (χ0v) is 16.5. The number of amides is 2. The van der Waals surface area contributed by atoms with Crippen LogP contribution in [0.2, 0.25) is 0 Å². The van der Waals surface area contributed by atoms with E-state index in [1.807, 2.05) is 0 Å². The van der Waals surface area contributed by atoms with Gasteiger partial charge in [0, 0.05) is 5.69 Å². The van der Waals surface area contributed by atoms with Gasteiger partial charge in [-0.2, -0.15) is 0 Å². The first kappa shape index (κ1) is 19.3. The van der Waals surface area contributed by atoms with Gasteiger partial charge in [0.2, 0.25) is 0 Å². The molecule has 1 aliphatic rings. The Hall–Kier alpha value is -4.00. The Bertz CT molecular complexity index is 1080. The summed E-state index contributed by atoms with van der Waals surface area (Å²) in [5.41, 5.74) is 1.79. The highest BCUT2D eigenvalue weighted by atomic mass is 16.5. The fourth-order valence-electron chi connectivity index (χ4n) is 3.24. The molecule has 0 spiro atoms. The Labute approximate surface area is 173 Å². The number of methoxy groups -OCH3 is 2. The first-order chi connectivity index (χ1) is 14.6. The Morgan fingerprint density at radius 3 is 2.07 bits per heavy atom. The van der Waals surface area contributed by atoms with Gasteiger partial charge >= 0.3 is 0 Å². The number of carbonyl (C=O) groups is 2. The minimum atomic E-state index is -0.418. The van der Waals surface area contributed by atoms with Gasteiger partial charge in [-0.25, -0.2) is 0 Å². The number of carbonyl (C=O) groups excluding carboxylic acids is 2. The monoisotopic (exact) mass is 404 g/mol. The molecule has 152 valence electrons. The highest BCUT2D eigenvalue weighted by Gasteiger charge is 2.39. The zero-order valence-electron chi connectivity index (χ0n) is 16.5. The summed E-state index contributed by atoms with van der Waals surface area (Å²) in [5.74, 6) is 1.07. The van der Waals surface area contributed by atoms with Crippen LogP contribution in [0.5, 0.6) is 11.5 Å². The lowest BCUT2D eigenvalue weighted by molar-refractivity contribution is -0.137. The van der Waals surface area contributed by atoms with Gasteiger partial charge in [0.1, 0.15) is 23.0 Å². The number of anilines is 1. The van der Waals surface area contributed by atoms with E-state index in [1.165, 1.54) is 11.2 Å². The van der Waals surface area contributed by atoms with E-state index in [9.17, 15) is 9.59 Å². The van der Waals surface area contributed by atoms with Crippen LogP contribution < -0.4 is 14.8 Å². The molecule has 2 heterocycles. The third kappa shape index (κ3) is 3.65. The molecular weight excluding hydrogens is 384 g/mol. The highest BCUT2D eigenvalue weighted by Crippen LogP contribution is 2.32.